The second kappa shape index (κ2) is 8.55. The van der Waals surface area contributed by atoms with Gasteiger partial charge in [0.05, 0.1) is 5.92 Å². The number of carbonyl (C=O) groups excluding carboxylic acids is 2. The quantitative estimate of drug-likeness (QED) is 0.686. The zero-order chi connectivity index (χ0) is 21.9. The van der Waals surface area contributed by atoms with Gasteiger partial charge in [-0.15, -0.1) is 0 Å². The molecular weight excluding hydrogens is 404 g/mol. The molecule has 30 heavy (non-hydrogen) atoms. The first-order valence-electron chi connectivity index (χ1n) is 9.57. The van der Waals surface area contributed by atoms with Crippen molar-refractivity contribution >= 4 is 21.8 Å². The summed E-state index contributed by atoms with van der Waals surface area (Å²) < 4.78 is 27.4. The maximum atomic E-state index is 13.9. The highest BCUT2D eigenvalue weighted by atomic mass is 32.2. The lowest BCUT2D eigenvalue weighted by molar-refractivity contribution is -0.143. The summed E-state index contributed by atoms with van der Waals surface area (Å²) in [6.45, 7) is 0.107. The molecule has 3 rings (SSSR count). The molecule has 3 N–H and O–H groups in total. The van der Waals surface area contributed by atoms with Crippen molar-refractivity contribution in [2.75, 3.05) is 33.7 Å². The number of hydrogen-bond acceptors (Lipinski definition) is 5. The van der Waals surface area contributed by atoms with E-state index < -0.39 is 32.6 Å². The van der Waals surface area contributed by atoms with Crippen molar-refractivity contribution in [1.82, 2.24) is 14.5 Å². The van der Waals surface area contributed by atoms with Crippen LogP contribution in [0.2, 0.25) is 0 Å². The molecule has 0 bridgehead atoms. The van der Waals surface area contributed by atoms with E-state index in [9.17, 15) is 18.0 Å². The predicted molar refractivity (Wildman–Crippen MR) is 114 cm³/mol. The fraction of sp³-hybridized carbons (Fsp3) is 0.333. The van der Waals surface area contributed by atoms with Crippen LogP contribution in [0, 0.1) is 0 Å². The number of piperazine rings is 1. The van der Waals surface area contributed by atoms with Gasteiger partial charge in [0.15, 0.2) is 0 Å². The maximum Gasteiger partial charge on any atom is 0.262 e. The second-order valence-corrected chi connectivity index (χ2v) is 9.71. The Hall–Kier alpha value is -2.75. The Morgan fingerprint density at radius 1 is 1.03 bits per heavy atom. The lowest BCUT2D eigenvalue weighted by Crippen LogP contribution is -2.74. The Morgan fingerprint density at radius 3 is 1.97 bits per heavy atom. The fourth-order valence-corrected chi connectivity index (χ4v) is 5.42. The Bertz CT molecular complexity index is 972. The van der Waals surface area contributed by atoms with Crippen LogP contribution in [-0.2, 0) is 19.6 Å². The number of nitrogens with two attached hydrogens (primary N) is 1. The van der Waals surface area contributed by atoms with E-state index in [-0.39, 0.29) is 13.1 Å². The summed E-state index contributed by atoms with van der Waals surface area (Å²) in [5.41, 5.74) is 7.06. The van der Waals surface area contributed by atoms with Crippen molar-refractivity contribution in [1.29, 1.82) is 0 Å². The number of rotatable bonds is 6. The molecule has 2 aromatic carbocycles. The maximum absolute atomic E-state index is 13.9. The summed E-state index contributed by atoms with van der Waals surface area (Å²) in [5, 5.41) is 2.92. The van der Waals surface area contributed by atoms with Crippen molar-refractivity contribution in [3.63, 3.8) is 0 Å². The summed E-state index contributed by atoms with van der Waals surface area (Å²) in [6.07, 6.45) is 0. The van der Waals surface area contributed by atoms with Gasteiger partial charge in [-0.25, -0.2) is 12.7 Å². The van der Waals surface area contributed by atoms with E-state index in [0.29, 0.717) is 17.7 Å². The average molecular weight is 431 g/mol. The predicted octanol–water partition coefficient (Wildman–Crippen LogP) is 0.323. The third-order valence-corrected chi connectivity index (χ3v) is 7.76. The van der Waals surface area contributed by atoms with Gasteiger partial charge < -0.3 is 16.0 Å². The van der Waals surface area contributed by atoms with Crippen molar-refractivity contribution in [3.05, 3.63) is 71.8 Å². The van der Waals surface area contributed by atoms with E-state index in [1.54, 1.807) is 0 Å². The number of benzene rings is 2. The molecule has 9 heteroatoms. The van der Waals surface area contributed by atoms with Crippen molar-refractivity contribution < 1.29 is 18.0 Å². The normalized spacial score (nSPS) is 19.8. The zero-order valence-electron chi connectivity index (χ0n) is 17.0. The van der Waals surface area contributed by atoms with Crippen LogP contribution in [0.5, 0.6) is 0 Å². The van der Waals surface area contributed by atoms with Crippen molar-refractivity contribution in [2.45, 2.75) is 10.8 Å². The molecule has 160 valence electrons. The smallest absolute Gasteiger partial charge is 0.262 e. The van der Waals surface area contributed by atoms with Gasteiger partial charge in [0.1, 0.15) is 0 Å². The molecule has 1 aliphatic rings. The molecule has 1 unspecified atom stereocenters. The third-order valence-electron chi connectivity index (χ3n) is 5.38. The van der Waals surface area contributed by atoms with E-state index >= 15 is 0 Å². The van der Waals surface area contributed by atoms with E-state index in [1.165, 1.54) is 14.1 Å². The van der Waals surface area contributed by atoms with Gasteiger partial charge in [0, 0.05) is 33.7 Å². The molecule has 1 atom stereocenters. The summed E-state index contributed by atoms with van der Waals surface area (Å²) in [4.78, 5) is 25.4. The molecule has 1 aliphatic heterocycles. The SMILES string of the molecule is CN(C)S(=O)(=O)C1(C(N)=O)CNCCN1C(=O)C(c1ccccc1)c1ccccc1. The van der Waals surface area contributed by atoms with Gasteiger partial charge in [0.25, 0.3) is 5.91 Å². The minimum atomic E-state index is -4.25. The van der Waals surface area contributed by atoms with E-state index in [1.807, 2.05) is 60.7 Å². The summed E-state index contributed by atoms with van der Waals surface area (Å²) in [7, 11) is -1.61. The lowest BCUT2D eigenvalue weighted by atomic mass is 9.89. The Balaban J connectivity index is 2.18. The van der Waals surface area contributed by atoms with Crippen LogP contribution >= 0.6 is 0 Å². The Kier molecular flexibility index (Phi) is 6.25. The highest BCUT2D eigenvalue weighted by Crippen LogP contribution is 2.33. The molecule has 0 aliphatic carbocycles. The zero-order valence-corrected chi connectivity index (χ0v) is 17.8. The average Bonchev–Trinajstić information content (AvgIpc) is 2.75. The van der Waals surface area contributed by atoms with Crippen LogP contribution in [0.1, 0.15) is 17.0 Å². The highest BCUT2D eigenvalue weighted by molar-refractivity contribution is 7.91. The molecule has 1 heterocycles. The van der Waals surface area contributed by atoms with Crippen molar-refractivity contribution in [3.8, 4) is 0 Å². The molecule has 2 amide bonds. The minimum Gasteiger partial charge on any atom is -0.367 e. The Morgan fingerprint density at radius 2 is 1.53 bits per heavy atom. The largest absolute Gasteiger partial charge is 0.367 e. The van der Waals surface area contributed by atoms with E-state index in [4.69, 9.17) is 5.73 Å². The van der Waals surface area contributed by atoms with Gasteiger partial charge >= 0.3 is 0 Å². The van der Waals surface area contributed by atoms with Crippen LogP contribution in [0.3, 0.4) is 0 Å². The van der Waals surface area contributed by atoms with Crippen LogP contribution in [0.25, 0.3) is 0 Å². The van der Waals surface area contributed by atoms with Crippen LogP contribution in [0.15, 0.2) is 60.7 Å². The highest BCUT2D eigenvalue weighted by Gasteiger charge is 2.59. The summed E-state index contributed by atoms with van der Waals surface area (Å²) in [6, 6.07) is 18.2. The van der Waals surface area contributed by atoms with Crippen LogP contribution in [0.4, 0.5) is 0 Å². The first-order chi connectivity index (χ1) is 14.2. The number of carbonyl (C=O) groups is 2. The van der Waals surface area contributed by atoms with Crippen molar-refractivity contribution in [2.24, 2.45) is 5.73 Å². The van der Waals surface area contributed by atoms with Crippen LogP contribution in [-0.4, -0.2) is 68.0 Å². The van der Waals surface area contributed by atoms with Gasteiger partial charge in [-0.05, 0) is 11.1 Å². The second-order valence-electron chi connectivity index (χ2n) is 7.36. The molecule has 2 aromatic rings. The Labute approximate surface area is 176 Å². The standard InChI is InChI=1S/C21H26N4O4S/c1-24(2)30(28,29)21(20(22)27)15-23-13-14-25(21)19(26)18(16-9-5-3-6-10-16)17-11-7-4-8-12-17/h3-12,18,23H,13-15H2,1-2H3,(H2,22,27). The molecule has 1 fully saturated rings. The molecule has 0 spiro atoms. The number of primary amides is 1. The fourth-order valence-electron chi connectivity index (χ4n) is 3.82. The number of amides is 2. The van der Waals surface area contributed by atoms with Gasteiger partial charge in [-0.2, -0.15) is 0 Å². The van der Waals surface area contributed by atoms with Gasteiger partial charge in [0.2, 0.25) is 20.8 Å². The molecule has 8 nitrogen and oxygen atoms in total. The summed E-state index contributed by atoms with van der Waals surface area (Å²) >= 11 is 0. The monoisotopic (exact) mass is 430 g/mol. The van der Waals surface area contributed by atoms with E-state index in [0.717, 1.165) is 9.21 Å². The lowest BCUT2D eigenvalue weighted by Gasteiger charge is -2.46. The molecular formula is C21H26N4O4S. The molecule has 1 saturated heterocycles. The van der Waals surface area contributed by atoms with Gasteiger partial charge in [-0.1, -0.05) is 60.7 Å². The number of hydrogen-bond donors (Lipinski definition) is 2. The topological polar surface area (TPSA) is 113 Å². The molecule has 0 aromatic heterocycles. The first-order valence-corrected chi connectivity index (χ1v) is 11.0. The first kappa shape index (κ1) is 21.9. The van der Waals surface area contributed by atoms with Gasteiger partial charge in [-0.3, -0.25) is 9.59 Å². The molecule has 0 saturated carbocycles. The third kappa shape index (κ3) is 3.60. The van der Waals surface area contributed by atoms with E-state index in [2.05, 4.69) is 5.32 Å². The number of sulfonamides is 1. The van der Waals surface area contributed by atoms with Crippen LogP contribution < -0.4 is 11.1 Å². The molecule has 0 radical (unpaired) electrons. The number of nitrogens with one attached hydrogen (secondary N) is 1. The summed E-state index contributed by atoms with van der Waals surface area (Å²) in [5.74, 6) is -2.35. The minimum absolute atomic E-state index is 0.0327. The number of nitrogens with zero attached hydrogens (tertiary/aromatic N) is 2.